The second-order valence-corrected chi connectivity index (χ2v) is 10.2. The molecule has 0 atom stereocenters. The molecule has 0 spiro atoms. The summed E-state index contributed by atoms with van der Waals surface area (Å²) in [4.78, 5) is 42.5. The van der Waals surface area contributed by atoms with E-state index in [9.17, 15) is 14.4 Å². The van der Waals surface area contributed by atoms with Gasteiger partial charge in [-0.3, -0.25) is 24.7 Å². The number of carbonyl (C=O) groups is 3. The van der Waals surface area contributed by atoms with Gasteiger partial charge in [0.1, 0.15) is 18.2 Å². The van der Waals surface area contributed by atoms with E-state index in [0.29, 0.717) is 52.7 Å². The molecule has 0 saturated carbocycles. The molecule has 2 N–H and O–H groups in total. The predicted octanol–water partition coefficient (Wildman–Crippen LogP) is 4.14. The lowest BCUT2D eigenvalue weighted by Crippen LogP contribution is -2.42. The van der Waals surface area contributed by atoms with Crippen LogP contribution in [0.2, 0.25) is 4.34 Å². The summed E-state index contributed by atoms with van der Waals surface area (Å²) in [6.45, 7) is 2.64. The Bertz CT molecular complexity index is 1380. The summed E-state index contributed by atoms with van der Waals surface area (Å²) >= 11 is 7.05. The minimum Gasteiger partial charge on any atom is -0.486 e. The van der Waals surface area contributed by atoms with Gasteiger partial charge < -0.3 is 19.7 Å². The number of nitrogens with one attached hydrogen (secondary N) is 2. The van der Waals surface area contributed by atoms with Gasteiger partial charge in [0.15, 0.2) is 0 Å². The molecule has 2 aromatic carbocycles. The minimum absolute atomic E-state index is 0.0401. The standard InChI is InChI=1S/C26H23ClN4O5S/c27-21-8-7-20(37-21)24(32)29-19-6-2-5-18-23(19)26(34)31(25(18)33)14-16-3-1-4-17(13-16)36-15-22(28)30-9-11-35-12-10-30/h1-8,13,28H,9-12,14-15H2,(H,29,32). The molecule has 3 amide bonds. The first kappa shape index (κ1) is 24.9. The van der Waals surface area contributed by atoms with E-state index < -0.39 is 17.7 Å². The number of morpholine rings is 1. The number of benzene rings is 2. The fraction of sp³-hybridized carbons (Fsp3) is 0.231. The van der Waals surface area contributed by atoms with Crippen LogP contribution in [-0.2, 0) is 11.3 Å². The number of rotatable bonds is 7. The summed E-state index contributed by atoms with van der Waals surface area (Å²) in [5.74, 6) is -0.421. The van der Waals surface area contributed by atoms with Gasteiger partial charge in [0.05, 0.1) is 45.8 Å². The number of thiophene rings is 1. The van der Waals surface area contributed by atoms with Crippen molar-refractivity contribution in [2.75, 3.05) is 38.2 Å². The fourth-order valence-electron chi connectivity index (χ4n) is 4.19. The molecule has 1 saturated heterocycles. The molecule has 5 rings (SSSR count). The molecule has 0 radical (unpaired) electrons. The zero-order valence-electron chi connectivity index (χ0n) is 19.7. The maximum atomic E-state index is 13.3. The van der Waals surface area contributed by atoms with Crippen LogP contribution in [0.25, 0.3) is 0 Å². The fourth-order valence-corrected chi connectivity index (χ4v) is 5.13. The number of imide groups is 1. The SMILES string of the molecule is N=C(COc1cccc(CN2C(=O)c3cccc(NC(=O)c4ccc(Cl)s4)c3C2=O)c1)N1CCOCC1. The highest BCUT2D eigenvalue weighted by Gasteiger charge is 2.37. The predicted molar refractivity (Wildman–Crippen MR) is 140 cm³/mol. The van der Waals surface area contributed by atoms with Crippen LogP contribution in [0.3, 0.4) is 0 Å². The first-order valence-electron chi connectivity index (χ1n) is 11.6. The molecule has 3 heterocycles. The Morgan fingerprint density at radius 1 is 1.08 bits per heavy atom. The third-order valence-corrected chi connectivity index (χ3v) is 7.28. The lowest BCUT2D eigenvalue weighted by atomic mass is 10.1. The topological polar surface area (TPSA) is 112 Å². The Morgan fingerprint density at radius 2 is 1.86 bits per heavy atom. The van der Waals surface area contributed by atoms with Gasteiger partial charge in [0.25, 0.3) is 17.7 Å². The van der Waals surface area contributed by atoms with Crippen LogP contribution in [0.15, 0.2) is 54.6 Å². The van der Waals surface area contributed by atoms with Gasteiger partial charge in [-0.1, -0.05) is 29.8 Å². The first-order valence-corrected chi connectivity index (χ1v) is 12.8. The molecule has 0 unspecified atom stereocenters. The van der Waals surface area contributed by atoms with Crippen molar-refractivity contribution in [2.45, 2.75) is 6.54 Å². The van der Waals surface area contributed by atoms with Crippen LogP contribution >= 0.6 is 22.9 Å². The van der Waals surface area contributed by atoms with Gasteiger partial charge in [-0.25, -0.2) is 0 Å². The average Bonchev–Trinajstić information content (AvgIpc) is 3.45. The molecule has 9 nitrogen and oxygen atoms in total. The molecule has 2 aliphatic rings. The zero-order chi connectivity index (χ0) is 25.9. The normalized spacial score (nSPS) is 15.1. The molecule has 1 aromatic heterocycles. The monoisotopic (exact) mass is 538 g/mol. The molecule has 2 aliphatic heterocycles. The third-order valence-electron chi connectivity index (χ3n) is 6.05. The van der Waals surface area contributed by atoms with Crippen LogP contribution in [0.4, 0.5) is 5.69 Å². The van der Waals surface area contributed by atoms with E-state index in [1.165, 1.54) is 0 Å². The lowest BCUT2D eigenvalue weighted by Gasteiger charge is -2.28. The maximum Gasteiger partial charge on any atom is 0.265 e. The highest BCUT2D eigenvalue weighted by molar-refractivity contribution is 7.18. The van der Waals surface area contributed by atoms with Gasteiger partial charge in [0.2, 0.25) is 0 Å². The highest BCUT2D eigenvalue weighted by atomic mass is 35.5. The Labute approximate surface area is 222 Å². The molecule has 0 bridgehead atoms. The van der Waals surface area contributed by atoms with E-state index in [1.807, 2.05) is 4.90 Å². The second kappa shape index (κ2) is 10.7. The van der Waals surface area contributed by atoms with Gasteiger partial charge >= 0.3 is 0 Å². The van der Waals surface area contributed by atoms with E-state index in [0.717, 1.165) is 16.2 Å². The molecule has 11 heteroatoms. The molecule has 190 valence electrons. The van der Waals surface area contributed by atoms with Crippen LogP contribution in [-0.4, -0.2) is 66.3 Å². The first-order chi connectivity index (χ1) is 17.9. The van der Waals surface area contributed by atoms with Gasteiger partial charge in [-0.05, 0) is 42.0 Å². The Hall–Kier alpha value is -3.73. The van der Waals surface area contributed by atoms with Crippen molar-refractivity contribution in [3.8, 4) is 5.75 Å². The van der Waals surface area contributed by atoms with Crippen LogP contribution in [0.5, 0.6) is 5.75 Å². The van der Waals surface area contributed by atoms with Crippen molar-refractivity contribution in [1.82, 2.24) is 9.80 Å². The van der Waals surface area contributed by atoms with E-state index in [-0.39, 0.29) is 30.0 Å². The van der Waals surface area contributed by atoms with Crippen molar-refractivity contribution < 1.29 is 23.9 Å². The number of hydrogen-bond donors (Lipinski definition) is 2. The number of hydrogen-bond acceptors (Lipinski definition) is 7. The summed E-state index contributed by atoms with van der Waals surface area (Å²) in [5.41, 5.74) is 1.36. The highest BCUT2D eigenvalue weighted by Crippen LogP contribution is 2.32. The lowest BCUT2D eigenvalue weighted by molar-refractivity contribution is 0.0641. The number of ether oxygens (including phenoxy) is 2. The van der Waals surface area contributed by atoms with E-state index in [2.05, 4.69) is 5.32 Å². The largest absolute Gasteiger partial charge is 0.486 e. The smallest absolute Gasteiger partial charge is 0.265 e. The van der Waals surface area contributed by atoms with Crippen molar-refractivity contribution >= 4 is 52.2 Å². The van der Waals surface area contributed by atoms with Crippen molar-refractivity contribution in [1.29, 1.82) is 5.41 Å². The average molecular weight is 539 g/mol. The number of carbonyl (C=O) groups excluding carboxylic acids is 3. The molecule has 0 aliphatic carbocycles. The number of amides is 3. The summed E-state index contributed by atoms with van der Waals surface area (Å²) in [7, 11) is 0. The Balaban J connectivity index is 1.27. The number of amidine groups is 1. The zero-order valence-corrected chi connectivity index (χ0v) is 21.2. The summed E-state index contributed by atoms with van der Waals surface area (Å²) < 4.78 is 11.6. The van der Waals surface area contributed by atoms with E-state index >= 15 is 0 Å². The molecular weight excluding hydrogens is 516 g/mol. The summed E-state index contributed by atoms with van der Waals surface area (Å²) in [5, 5.41) is 11.0. The third kappa shape index (κ3) is 5.36. The van der Waals surface area contributed by atoms with Crippen LogP contribution in [0.1, 0.15) is 36.0 Å². The van der Waals surface area contributed by atoms with Gasteiger partial charge in [-0.2, -0.15) is 0 Å². The molecule has 1 fully saturated rings. The molecule has 3 aromatic rings. The number of anilines is 1. The summed E-state index contributed by atoms with van der Waals surface area (Å²) in [6.07, 6.45) is 0. The number of halogens is 1. The second-order valence-electron chi connectivity index (χ2n) is 8.46. The van der Waals surface area contributed by atoms with Gasteiger partial charge in [-0.15, -0.1) is 11.3 Å². The van der Waals surface area contributed by atoms with Crippen LogP contribution < -0.4 is 10.1 Å². The van der Waals surface area contributed by atoms with Crippen molar-refractivity contribution in [2.24, 2.45) is 0 Å². The molecular formula is C26H23ClN4O5S. The maximum absolute atomic E-state index is 13.3. The Morgan fingerprint density at radius 3 is 2.62 bits per heavy atom. The number of nitrogens with zero attached hydrogens (tertiary/aromatic N) is 2. The summed E-state index contributed by atoms with van der Waals surface area (Å²) in [6, 6.07) is 15.1. The quantitative estimate of drug-likeness (QED) is 0.266. The van der Waals surface area contributed by atoms with Crippen molar-refractivity contribution in [3.63, 3.8) is 0 Å². The van der Waals surface area contributed by atoms with E-state index in [1.54, 1.807) is 54.6 Å². The number of fused-ring (bicyclic) bond motifs is 1. The van der Waals surface area contributed by atoms with Crippen molar-refractivity contribution in [3.05, 3.63) is 80.5 Å². The molecule has 37 heavy (non-hydrogen) atoms. The van der Waals surface area contributed by atoms with Gasteiger partial charge in [0, 0.05) is 13.1 Å². The minimum atomic E-state index is -0.486. The van der Waals surface area contributed by atoms with Crippen LogP contribution in [0, 0.1) is 5.41 Å². The van der Waals surface area contributed by atoms with E-state index in [4.69, 9.17) is 26.5 Å². The Kier molecular flexibility index (Phi) is 7.22.